The standard InChI is InChI=1S/C24H31FN2O2/c1-2-26(17-21-8-4-10-23-24(21)29-18-28-23)15-20-7-5-12-27(16-20)13-11-19-6-3-9-22(25)14-19/h3-4,6,8-10,14,20H,2,5,7,11-13,15-18H2,1H3. The molecule has 0 radical (unpaired) electrons. The van der Waals surface area contributed by atoms with E-state index in [0.29, 0.717) is 12.7 Å². The van der Waals surface area contributed by atoms with Gasteiger partial charge in [0, 0.05) is 31.7 Å². The second-order valence-electron chi connectivity index (χ2n) is 8.17. The molecule has 0 N–H and O–H groups in total. The molecule has 0 aromatic heterocycles. The molecule has 29 heavy (non-hydrogen) atoms. The summed E-state index contributed by atoms with van der Waals surface area (Å²) in [5.41, 5.74) is 2.29. The van der Waals surface area contributed by atoms with Crippen LogP contribution in [0.15, 0.2) is 42.5 Å². The molecule has 2 aromatic carbocycles. The fourth-order valence-corrected chi connectivity index (χ4v) is 4.51. The number of benzene rings is 2. The average Bonchev–Trinajstić information content (AvgIpc) is 3.22. The van der Waals surface area contributed by atoms with E-state index in [1.165, 1.54) is 24.5 Å². The van der Waals surface area contributed by atoms with Gasteiger partial charge in [0.25, 0.3) is 0 Å². The molecule has 2 heterocycles. The normalized spacial score (nSPS) is 19.1. The second-order valence-corrected chi connectivity index (χ2v) is 8.17. The van der Waals surface area contributed by atoms with Gasteiger partial charge in [0.2, 0.25) is 6.79 Å². The van der Waals surface area contributed by atoms with E-state index in [-0.39, 0.29) is 5.82 Å². The van der Waals surface area contributed by atoms with Crippen LogP contribution in [0, 0.1) is 11.7 Å². The first-order valence-corrected chi connectivity index (χ1v) is 10.8. The third-order valence-electron chi connectivity index (χ3n) is 6.04. The van der Waals surface area contributed by atoms with Gasteiger partial charge in [-0.15, -0.1) is 0 Å². The van der Waals surface area contributed by atoms with Crippen LogP contribution >= 0.6 is 0 Å². The summed E-state index contributed by atoms with van der Waals surface area (Å²) < 4.78 is 24.6. The lowest BCUT2D eigenvalue weighted by Gasteiger charge is -2.35. The van der Waals surface area contributed by atoms with Crippen LogP contribution in [-0.4, -0.2) is 49.3 Å². The minimum atomic E-state index is -0.139. The fourth-order valence-electron chi connectivity index (χ4n) is 4.51. The minimum Gasteiger partial charge on any atom is -0.454 e. The molecule has 0 bridgehead atoms. The summed E-state index contributed by atoms with van der Waals surface area (Å²) >= 11 is 0. The number of halogens is 1. The highest BCUT2D eigenvalue weighted by Gasteiger charge is 2.23. The molecule has 1 atom stereocenters. The van der Waals surface area contributed by atoms with Gasteiger partial charge in [-0.2, -0.15) is 0 Å². The Balaban J connectivity index is 1.30. The highest BCUT2D eigenvalue weighted by Crippen LogP contribution is 2.36. The molecule has 2 aliphatic rings. The monoisotopic (exact) mass is 398 g/mol. The second kappa shape index (κ2) is 9.59. The summed E-state index contributed by atoms with van der Waals surface area (Å²) in [4.78, 5) is 5.06. The average molecular weight is 399 g/mol. The Bertz CT molecular complexity index is 813. The molecule has 1 saturated heterocycles. The SMILES string of the molecule is CCN(Cc1cccc2c1OCO2)CC1CCCN(CCc2cccc(F)c2)C1. The predicted molar refractivity (Wildman–Crippen MR) is 113 cm³/mol. The lowest BCUT2D eigenvalue weighted by molar-refractivity contribution is 0.132. The molecule has 4 rings (SSSR count). The third-order valence-corrected chi connectivity index (χ3v) is 6.04. The van der Waals surface area contributed by atoms with Crippen LogP contribution in [0.25, 0.3) is 0 Å². The van der Waals surface area contributed by atoms with Crippen LogP contribution in [-0.2, 0) is 13.0 Å². The highest BCUT2D eigenvalue weighted by atomic mass is 19.1. The van der Waals surface area contributed by atoms with Gasteiger partial charge in [-0.25, -0.2) is 4.39 Å². The molecule has 0 aliphatic carbocycles. The van der Waals surface area contributed by atoms with E-state index in [1.807, 2.05) is 18.2 Å². The third kappa shape index (κ3) is 5.28. The summed E-state index contributed by atoms with van der Waals surface area (Å²) in [6.45, 7) is 8.83. The van der Waals surface area contributed by atoms with Crippen molar-refractivity contribution >= 4 is 0 Å². The zero-order valence-electron chi connectivity index (χ0n) is 17.3. The summed E-state index contributed by atoms with van der Waals surface area (Å²) in [5, 5.41) is 0. The van der Waals surface area contributed by atoms with Crippen LogP contribution in [0.1, 0.15) is 30.9 Å². The van der Waals surface area contributed by atoms with E-state index in [4.69, 9.17) is 9.47 Å². The molecule has 0 spiro atoms. The molecule has 4 nitrogen and oxygen atoms in total. The van der Waals surface area contributed by atoms with Crippen LogP contribution in [0.4, 0.5) is 4.39 Å². The van der Waals surface area contributed by atoms with Gasteiger partial charge in [-0.05, 0) is 62.0 Å². The van der Waals surface area contributed by atoms with E-state index < -0.39 is 0 Å². The quantitative estimate of drug-likeness (QED) is 0.661. The van der Waals surface area contributed by atoms with Gasteiger partial charge in [-0.1, -0.05) is 31.2 Å². The lowest BCUT2D eigenvalue weighted by atomic mass is 9.96. The van der Waals surface area contributed by atoms with E-state index >= 15 is 0 Å². The van der Waals surface area contributed by atoms with Crippen molar-refractivity contribution in [2.24, 2.45) is 5.92 Å². The number of para-hydroxylation sites is 1. The van der Waals surface area contributed by atoms with Crippen molar-refractivity contribution in [3.63, 3.8) is 0 Å². The summed E-state index contributed by atoms with van der Waals surface area (Å²) in [6.07, 6.45) is 3.43. The van der Waals surface area contributed by atoms with Crippen molar-refractivity contribution in [2.75, 3.05) is 39.5 Å². The number of fused-ring (bicyclic) bond motifs is 1. The van der Waals surface area contributed by atoms with Crippen LogP contribution in [0.3, 0.4) is 0 Å². The molecule has 1 unspecified atom stereocenters. The van der Waals surface area contributed by atoms with Crippen molar-refractivity contribution in [3.05, 3.63) is 59.4 Å². The van der Waals surface area contributed by atoms with Crippen molar-refractivity contribution < 1.29 is 13.9 Å². The first-order valence-electron chi connectivity index (χ1n) is 10.8. The first-order chi connectivity index (χ1) is 14.2. The molecular formula is C24H31FN2O2. The predicted octanol–water partition coefficient (Wildman–Crippen LogP) is 4.33. The van der Waals surface area contributed by atoms with Crippen molar-refractivity contribution in [1.29, 1.82) is 0 Å². The minimum absolute atomic E-state index is 0.139. The number of likely N-dealkylation sites (tertiary alicyclic amines) is 1. The van der Waals surface area contributed by atoms with Crippen LogP contribution in [0.5, 0.6) is 11.5 Å². The van der Waals surface area contributed by atoms with Crippen molar-refractivity contribution in [1.82, 2.24) is 9.80 Å². The van der Waals surface area contributed by atoms with Gasteiger partial charge in [-0.3, -0.25) is 4.90 Å². The Morgan fingerprint density at radius 1 is 1.17 bits per heavy atom. The largest absolute Gasteiger partial charge is 0.454 e. The molecule has 0 amide bonds. The maximum Gasteiger partial charge on any atom is 0.231 e. The number of rotatable bonds is 8. The molecular weight excluding hydrogens is 367 g/mol. The molecule has 2 aliphatic heterocycles. The topological polar surface area (TPSA) is 24.9 Å². The van der Waals surface area contributed by atoms with Gasteiger partial charge in [0.15, 0.2) is 11.5 Å². The van der Waals surface area contributed by atoms with Crippen molar-refractivity contribution in [3.8, 4) is 11.5 Å². The summed E-state index contributed by atoms with van der Waals surface area (Å²) in [7, 11) is 0. The van der Waals surface area contributed by atoms with Gasteiger partial charge >= 0.3 is 0 Å². The Hall–Kier alpha value is -2.11. The van der Waals surface area contributed by atoms with E-state index in [1.54, 1.807) is 12.1 Å². The lowest BCUT2D eigenvalue weighted by Crippen LogP contribution is -2.41. The van der Waals surface area contributed by atoms with Crippen LogP contribution < -0.4 is 9.47 Å². The first kappa shape index (κ1) is 20.2. The summed E-state index contributed by atoms with van der Waals surface area (Å²) in [6, 6.07) is 13.2. The van der Waals surface area contributed by atoms with E-state index in [0.717, 1.165) is 62.8 Å². The van der Waals surface area contributed by atoms with Crippen molar-refractivity contribution in [2.45, 2.75) is 32.7 Å². The Morgan fingerprint density at radius 3 is 2.93 bits per heavy atom. The maximum atomic E-state index is 13.4. The molecule has 5 heteroatoms. The Morgan fingerprint density at radius 2 is 2.07 bits per heavy atom. The number of ether oxygens (including phenoxy) is 2. The van der Waals surface area contributed by atoms with Gasteiger partial charge in [0.1, 0.15) is 5.82 Å². The van der Waals surface area contributed by atoms with E-state index in [2.05, 4.69) is 22.8 Å². The maximum absolute atomic E-state index is 13.4. The number of nitrogens with zero attached hydrogens (tertiary/aromatic N) is 2. The van der Waals surface area contributed by atoms with E-state index in [9.17, 15) is 4.39 Å². The number of piperidine rings is 1. The molecule has 0 saturated carbocycles. The van der Waals surface area contributed by atoms with Gasteiger partial charge < -0.3 is 14.4 Å². The number of hydrogen-bond acceptors (Lipinski definition) is 4. The van der Waals surface area contributed by atoms with Gasteiger partial charge in [0.05, 0.1) is 0 Å². The van der Waals surface area contributed by atoms with Crippen LogP contribution in [0.2, 0.25) is 0 Å². The zero-order valence-corrected chi connectivity index (χ0v) is 17.3. The number of hydrogen-bond donors (Lipinski definition) is 0. The fraction of sp³-hybridized carbons (Fsp3) is 0.500. The smallest absolute Gasteiger partial charge is 0.231 e. The molecule has 1 fully saturated rings. The molecule has 156 valence electrons. The zero-order chi connectivity index (χ0) is 20.1. The Labute approximate surface area is 173 Å². The summed E-state index contributed by atoms with van der Waals surface area (Å²) in [5.74, 6) is 2.30. The molecule has 2 aromatic rings. The Kier molecular flexibility index (Phi) is 6.67. The highest BCUT2D eigenvalue weighted by molar-refractivity contribution is 5.48.